The average Bonchev–Trinajstić information content (AvgIpc) is 2.88. The minimum Gasteiger partial charge on any atom is -0.480 e. The normalized spacial score (nSPS) is 16.6. The van der Waals surface area contributed by atoms with E-state index in [1.54, 1.807) is 0 Å². The van der Waals surface area contributed by atoms with Crippen LogP contribution in [0.15, 0.2) is 0 Å². The first-order valence-electron chi connectivity index (χ1n) is 6.64. The van der Waals surface area contributed by atoms with Crippen molar-refractivity contribution in [2.75, 3.05) is 13.2 Å². The molecule has 0 aromatic carbocycles. The molecule has 1 fully saturated rings. The molecule has 1 aliphatic carbocycles. The van der Waals surface area contributed by atoms with E-state index in [0.29, 0.717) is 0 Å². The number of carbonyl (C=O) groups excluding carboxylic acids is 2. The highest BCUT2D eigenvalue weighted by atomic mass is 16.4. The van der Waals surface area contributed by atoms with E-state index in [1.807, 2.05) is 0 Å². The Morgan fingerprint density at radius 1 is 1.30 bits per heavy atom. The molecular weight excluding hydrogens is 266 g/mol. The van der Waals surface area contributed by atoms with Gasteiger partial charge in [0.05, 0.1) is 0 Å². The first-order valence-corrected chi connectivity index (χ1v) is 6.64. The summed E-state index contributed by atoms with van der Waals surface area (Å²) in [7, 11) is 0. The van der Waals surface area contributed by atoms with Gasteiger partial charge in [-0.1, -0.05) is 12.8 Å². The van der Waals surface area contributed by atoms with E-state index in [2.05, 4.69) is 5.32 Å². The highest BCUT2D eigenvalue weighted by molar-refractivity contribution is 5.86. The van der Waals surface area contributed by atoms with Crippen molar-refractivity contribution in [3.63, 3.8) is 0 Å². The third-order valence-electron chi connectivity index (χ3n) is 3.37. The molecule has 20 heavy (non-hydrogen) atoms. The minimum absolute atomic E-state index is 0.0872. The fraction of sp³-hybridized carbons (Fsp3) is 0.750. The lowest BCUT2D eigenvalue weighted by atomic mass is 10.2. The Morgan fingerprint density at radius 2 is 1.90 bits per heavy atom. The van der Waals surface area contributed by atoms with Crippen molar-refractivity contribution in [1.29, 1.82) is 0 Å². The molecule has 0 radical (unpaired) electrons. The quantitative estimate of drug-likeness (QED) is 0.489. The molecule has 0 saturated heterocycles. The van der Waals surface area contributed by atoms with E-state index in [-0.39, 0.29) is 25.6 Å². The summed E-state index contributed by atoms with van der Waals surface area (Å²) in [6.07, 6.45) is 3.39. The second-order valence-electron chi connectivity index (χ2n) is 4.89. The number of carbonyl (C=O) groups is 3. The summed E-state index contributed by atoms with van der Waals surface area (Å²) in [5.41, 5.74) is 5.13. The van der Waals surface area contributed by atoms with Crippen molar-refractivity contribution < 1.29 is 24.6 Å². The zero-order valence-electron chi connectivity index (χ0n) is 11.2. The first kappa shape index (κ1) is 16.2. The second kappa shape index (κ2) is 7.68. The Kier molecular flexibility index (Phi) is 6.23. The molecule has 114 valence electrons. The number of carboxylic acid groups (broad SMARTS) is 1. The van der Waals surface area contributed by atoms with Crippen molar-refractivity contribution in [1.82, 2.24) is 10.2 Å². The molecule has 0 aromatic heterocycles. The molecule has 0 bridgehead atoms. The fourth-order valence-electron chi connectivity index (χ4n) is 2.37. The predicted octanol–water partition coefficient (Wildman–Crippen LogP) is -0.738. The van der Waals surface area contributed by atoms with Crippen LogP contribution in [0.1, 0.15) is 32.1 Å². The highest BCUT2D eigenvalue weighted by Crippen LogP contribution is 2.23. The van der Waals surface area contributed by atoms with Crippen molar-refractivity contribution in [2.45, 2.75) is 44.2 Å². The van der Waals surface area contributed by atoms with Crippen LogP contribution in [0.2, 0.25) is 0 Å². The van der Waals surface area contributed by atoms with Crippen LogP contribution in [0.25, 0.3) is 0 Å². The minimum atomic E-state index is -1.22. The molecule has 0 aliphatic heterocycles. The molecule has 3 amide bonds. The maximum atomic E-state index is 12.1. The lowest BCUT2D eigenvalue weighted by Gasteiger charge is -2.29. The first-order chi connectivity index (χ1) is 9.45. The smallest absolute Gasteiger partial charge is 0.326 e. The molecule has 0 unspecified atom stereocenters. The van der Waals surface area contributed by atoms with Crippen molar-refractivity contribution >= 4 is 17.9 Å². The third-order valence-corrected chi connectivity index (χ3v) is 3.37. The predicted molar refractivity (Wildman–Crippen MR) is 69.8 cm³/mol. The van der Waals surface area contributed by atoms with Crippen LogP contribution in [0, 0.1) is 0 Å². The largest absolute Gasteiger partial charge is 0.480 e. The maximum Gasteiger partial charge on any atom is 0.326 e. The number of amides is 3. The molecule has 0 spiro atoms. The number of aliphatic carboxylic acids is 1. The number of rotatable bonds is 7. The van der Waals surface area contributed by atoms with Gasteiger partial charge in [-0.3, -0.25) is 4.79 Å². The summed E-state index contributed by atoms with van der Waals surface area (Å²) >= 11 is 0. The van der Waals surface area contributed by atoms with Gasteiger partial charge in [-0.15, -0.1) is 0 Å². The maximum absolute atomic E-state index is 12.1. The van der Waals surface area contributed by atoms with Gasteiger partial charge < -0.3 is 26.2 Å². The van der Waals surface area contributed by atoms with Crippen LogP contribution >= 0.6 is 0 Å². The molecule has 1 rings (SSSR count). The third kappa shape index (κ3) is 4.69. The van der Waals surface area contributed by atoms with Gasteiger partial charge in [-0.2, -0.15) is 0 Å². The summed E-state index contributed by atoms with van der Waals surface area (Å²) in [6, 6.07) is -1.90. The van der Waals surface area contributed by atoms with E-state index in [0.717, 1.165) is 25.7 Å². The zero-order valence-corrected chi connectivity index (χ0v) is 11.2. The Morgan fingerprint density at radius 3 is 2.35 bits per heavy atom. The number of nitrogens with one attached hydrogen (secondary N) is 1. The monoisotopic (exact) mass is 287 g/mol. The van der Waals surface area contributed by atoms with Crippen LogP contribution < -0.4 is 11.1 Å². The second-order valence-corrected chi connectivity index (χ2v) is 4.89. The van der Waals surface area contributed by atoms with Crippen molar-refractivity contribution in [3.05, 3.63) is 0 Å². The Labute approximate surface area is 116 Å². The Hall–Kier alpha value is -1.83. The number of hydrogen-bond acceptors (Lipinski definition) is 4. The van der Waals surface area contributed by atoms with E-state index in [4.69, 9.17) is 15.9 Å². The molecule has 1 saturated carbocycles. The summed E-state index contributed by atoms with van der Waals surface area (Å²) < 4.78 is 0. The van der Waals surface area contributed by atoms with E-state index in [9.17, 15) is 14.4 Å². The lowest BCUT2D eigenvalue weighted by Crippen LogP contribution is -2.53. The van der Waals surface area contributed by atoms with E-state index < -0.39 is 23.9 Å². The Bertz CT molecular complexity index is 368. The molecule has 0 aromatic rings. The summed E-state index contributed by atoms with van der Waals surface area (Å²) in [6.45, 7) is -0.585. The topological polar surface area (TPSA) is 133 Å². The van der Waals surface area contributed by atoms with Gasteiger partial charge in [-0.25, -0.2) is 9.59 Å². The SMILES string of the molecule is NC(=O)CN(C(=O)N[C@@H](CCO)C(=O)O)C1CCCC1. The number of urea groups is 1. The van der Waals surface area contributed by atoms with Crippen LogP contribution in [-0.2, 0) is 9.59 Å². The average molecular weight is 287 g/mol. The van der Waals surface area contributed by atoms with Gasteiger partial charge in [0.1, 0.15) is 12.6 Å². The molecule has 8 heteroatoms. The van der Waals surface area contributed by atoms with Gasteiger partial charge in [0.25, 0.3) is 0 Å². The van der Waals surface area contributed by atoms with Gasteiger partial charge in [-0.05, 0) is 12.8 Å². The number of primary amides is 1. The number of hydrogen-bond donors (Lipinski definition) is 4. The number of aliphatic hydroxyl groups is 1. The van der Waals surface area contributed by atoms with Gasteiger partial charge >= 0.3 is 12.0 Å². The van der Waals surface area contributed by atoms with Gasteiger partial charge in [0, 0.05) is 19.1 Å². The van der Waals surface area contributed by atoms with Gasteiger partial charge in [0.15, 0.2) is 0 Å². The molecule has 5 N–H and O–H groups in total. The standard InChI is InChI=1S/C12H21N3O5/c13-10(17)7-15(8-3-1-2-4-8)12(20)14-9(5-6-16)11(18)19/h8-9,16H,1-7H2,(H2,13,17)(H,14,20)(H,18,19)/t9-/m0/s1. The molecule has 1 aliphatic rings. The fourth-order valence-corrected chi connectivity index (χ4v) is 2.37. The zero-order chi connectivity index (χ0) is 15.1. The van der Waals surface area contributed by atoms with E-state index in [1.165, 1.54) is 4.90 Å². The van der Waals surface area contributed by atoms with Crippen LogP contribution in [-0.4, -0.2) is 58.3 Å². The summed E-state index contributed by atoms with van der Waals surface area (Å²) in [4.78, 5) is 35.4. The summed E-state index contributed by atoms with van der Waals surface area (Å²) in [5.74, 6) is -1.86. The molecule has 0 heterocycles. The van der Waals surface area contributed by atoms with Gasteiger partial charge in [0.2, 0.25) is 5.91 Å². The lowest BCUT2D eigenvalue weighted by molar-refractivity contribution is -0.139. The Balaban J connectivity index is 2.70. The van der Waals surface area contributed by atoms with Crippen LogP contribution in [0.5, 0.6) is 0 Å². The number of carboxylic acids is 1. The molecular formula is C12H21N3O5. The van der Waals surface area contributed by atoms with Crippen LogP contribution in [0.3, 0.4) is 0 Å². The molecule has 8 nitrogen and oxygen atoms in total. The summed E-state index contributed by atoms with van der Waals surface area (Å²) in [5, 5.41) is 20.1. The highest BCUT2D eigenvalue weighted by Gasteiger charge is 2.30. The van der Waals surface area contributed by atoms with Crippen LogP contribution in [0.4, 0.5) is 4.79 Å². The number of nitrogens with zero attached hydrogens (tertiary/aromatic N) is 1. The van der Waals surface area contributed by atoms with Crippen molar-refractivity contribution in [3.8, 4) is 0 Å². The van der Waals surface area contributed by atoms with E-state index >= 15 is 0 Å². The van der Waals surface area contributed by atoms with Crippen molar-refractivity contribution in [2.24, 2.45) is 5.73 Å². The molecule has 1 atom stereocenters. The number of nitrogens with two attached hydrogens (primary N) is 1. The number of aliphatic hydroxyl groups excluding tert-OH is 1.